The Labute approximate surface area is 141 Å². The Morgan fingerprint density at radius 1 is 1.33 bits per heavy atom. The number of fused-ring (bicyclic) bond motifs is 1. The van der Waals surface area contributed by atoms with Crippen molar-refractivity contribution in [1.82, 2.24) is 14.1 Å². The van der Waals surface area contributed by atoms with E-state index in [-0.39, 0.29) is 28.8 Å². The lowest BCUT2D eigenvalue weighted by Gasteiger charge is -2.26. The van der Waals surface area contributed by atoms with Crippen LogP contribution in [-0.2, 0) is 4.79 Å². The highest BCUT2D eigenvalue weighted by Gasteiger charge is 2.35. The second-order valence-corrected chi connectivity index (χ2v) is 5.89. The zero-order chi connectivity index (χ0) is 17.9. The number of hydrogen-bond acceptors (Lipinski definition) is 7. The summed E-state index contributed by atoms with van der Waals surface area (Å²) >= 11 is 0.820. The number of amides is 1. The van der Waals surface area contributed by atoms with Crippen LogP contribution >= 0.6 is 11.7 Å². The van der Waals surface area contributed by atoms with Gasteiger partial charge < -0.3 is 10.4 Å². The Morgan fingerprint density at radius 2 is 2.00 bits per heavy atom. The number of nitro groups is 1. The lowest BCUT2D eigenvalue weighted by Crippen LogP contribution is -2.42. The lowest BCUT2D eigenvalue weighted by atomic mass is 9.82. The van der Waals surface area contributed by atoms with E-state index in [0.29, 0.717) is 12.8 Å². The molecule has 0 radical (unpaired) electrons. The predicted octanol–water partition coefficient (Wildman–Crippen LogP) is 2.22. The molecule has 1 aromatic heterocycles. The van der Waals surface area contributed by atoms with Crippen LogP contribution in [-0.4, -0.2) is 37.2 Å². The molecule has 0 spiro atoms. The molecule has 0 atom stereocenters. The molecule has 1 heterocycles. The van der Waals surface area contributed by atoms with Crippen molar-refractivity contribution < 1.29 is 19.6 Å². The van der Waals surface area contributed by atoms with E-state index in [1.165, 1.54) is 6.07 Å². The number of aromatic nitrogens is 2. The van der Waals surface area contributed by atoms with Gasteiger partial charge in [0.15, 0.2) is 5.52 Å². The number of carbonyl (C=O) groups is 2. The van der Waals surface area contributed by atoms with E-state index in [1.54, 1.807) is 13.8 Å². The van der Waals surface area contributed by atoms with Gasteiger partial charge in [-0.1, -0.05) is 13.8 Å². The summed E-state index contributed by atoms with van der Waals surface area (Å²) in [5.41, 5.74) is -0.929. The van der Waals surface area contributed by atoms with Crippen molar-refractivity contribution in [3.05, 3.63) is 27.8 Å². The number of nitro benzene ring substituents is 1. The quantitative estimate of drug-likeness (QED) is 0.576. The van der Waals surface area contributed by atoms with Crippen LogP contribution in [0.3, 0.4) is 0 Å². The molecule has 10 heteroatoms. The fourth-order valence-corrected chi connectivity index (χ4v) is 2.91. The van der Waals surface area contributed by atoms with E-state index in [2.05, 4.69) is 14.1 Å². The van der Waals surface area contributed by atoms with Crippen LogP contribution in [0.4, 0.5) is 5.69 Å². The second kappa shape index (κ2) is 6.87. The smallest absolute Gasteiger partial charge is 0.311 e. The number of carboxylic acid groups (broad SMARTS) is 1. The standard InChI is InChI=1S/C14H16N4O5S/c1-3-14(4-2,13(20)21)7-15-12(19)8-5-9-11(17-24-16-9)10(6-8)18(22)23/h5-6H,3-4,7H2,1-2H3,(H,15,19)(H,20,21). The minimum Gasteiger partial charge on any atom is -0.481 e. The molecule has 1 aromatic carbocycles. The zero-order valence-corrected chi connectivity index (χ0v) is 13.9. The first-order valence-corrected chi connectivity index (χ1v) is 8.00. The first kappa shape index (κ1) is 17.7. The summed E-state index contributed by atoms with van der Waals surface area (Å²) in [6, 6.07) is 2.53. The van der Waals surface area contributed by atoms with E-state index >= 15 is 0 Å². The van der Waals surface area contributed by atoms with E-state index in [4.69, 9.17) is 0 Å². The normalized spacial score (nSPS) is 11.4. The van der Waals surface area contributed by atoms with Crippen LogP contribution in [0.2, 0.25) is 0 Å². The van der Waals surface area contributed by atoms with Gasteiger partial charge in [0.1, 0.15) is 5.52 Å². The number of aliphatic carboxylic acids is 1. The summed E-state index contributed by atoms with van der Waals surface area (Å²) in [4.78, 5) is 34.3. The van der Waals surface area contributed by atoms with Crippen LogP contribution in [0.25, 0.3) is 11.0 Å². The molecule has 2 rings (SSSR count). The Hall–Kier alpha value is -2.62. The lowest BCUT2D eigenvalue weighted by molar-refractivity contribution is -0.383. The number of carboxylic acids is 1. The van der Waals surface area contributed by atoms with Crippen LogP contribution in [0.15, 0.2) is 12.1 Å². The summed E-state index contributed by atoms with van der Waals surface area (Å²) in [5, 5.41) is 23.1. The van der Waals surface area contributed by atoms with Crippen LogP contribution in [0.5, 0.6) is 0 Å². The summed E-state index contributed by atoms with van der Waals surface area (Å²) in [7, 11) is 0. The maximum atomic E-state index is 12.3. The Kier molecular flexibility index (Phi) is 5.07. The highest BCUT2D eigenvalue weighted by atomic mass is 32.1. The van der Waals surface area contributed by atoms with Crippen molar-refractivity contribution in [2.24, 2.45) is 5.41 Å². The molecular formula is C14H16N4O5S. The number of nitrogens with zero attached hydrogens (tertiary/aromatic N) is 3. The summed E-state index contributed by atoms with van der Waals surface area (Å²) in [6.45, 7) is 3.42. The minimum atomic E-state index is -1.06. The van der Waals surface area contributed by atoms with E-state index in [9.17, 15) is 24.8 Å². The molecular weight excluding hydrogens is 336 g/mol. The molecule has 0 bridgehead atoms. The van der Waals surface area contributed by atoms with Gasteiger partial charge >= 0.3 is 5.97 Å². The van der Waals surface area contributed by atoms with Gasteiger partial charge in [-0.2, -0.15) is 8.75 Å². The maximum Gasteiger partial charge on any atom is 0.311 e. The Balaban J connectivity index is 2.28. The van der Waals surface area contributed by atoms with Gasteiger partial charge in [0.2, 0.25) is 0 Å². The minimum absolute atomic E-state index is 0.0494. The molecule has 24 heavy (non-hydrogen) atoms. The topological polar surface area (TPSA) is 135 Å². The summed E-state index contributed by atoms with van der Waals surface area (Å²) in [5.74, 6) is -1.57. The van der Waals surface area contributed by atoms with Crippen molar-refractivity contribution in [2.45, 2.75) is 26.7 Å². The van der Waals surface area contributed by atoms with Crippen molar-refractivity contribution >= 4 is 40.3 Å². The van der Waals surface area contributed by atoms with Gasteiger partial charge in [-0.15, -0.1) is 0 Å². The fourth-order valence-electron chi connectivity index (χ4n) is 2.37. The molecule has 2 aromatic rings. The Morgan fingerprint density at radius 3 is 2.54 bits per heavy atom. The number of rotatable bonds is 7. The van der Waals surface area contributed by atoms with E-state index < -0.39 is 22.2 Å². The highest BCUT2D eigenvalue weighted by Crippen LogP contribution is 2.27. The largest absolute Gasteiger partial charge is 0.481 e. The van der Waals surface area contributed by atoms with Gasteiger partial charge in [0.25, 0.3) is 11.6 Å². The second-order valence-electron chi connectivity index (χ2n) is 5.36. The number of carbonyl (C=O) groups excluding carboxylic acids is 1. The maximum absolute atomic E-state index is 12.3. The van der Waals surface area contributed by atoms with Crippen molar-refractivity contribution in [3.63, 3.8) is 0 Å². The molecule has 0 aliphatic rings. The third kappa shape index (κ3) is 3.18. The van der Waals surface area contributed by atoms with Crippen molar-refractivity contribution in [2.75, 3.05) is 6.54 Å². The summed E-state index contributed by atoms with van der Waals surface area (Å²) < 4.78 is 7.78. The fraction of sp³-hybridized carbons (Fsp3) is 0.429. The molecule has 0 unspecified atom stereocenters. The monoisotopic (exact) mass is 352 g/mol. The average molecular weight is 352 g/mol. The molecule has 2 N–H and O–H groups in total. The number of benzene rings is 1. The molecule has 0 saturated carbocycles. The van der Waals surface area contributed by atoms with Gasteiger partial charge in [-0.25, -0.2) is 0 Å². The first-order valence-electron chi connectivity index (χ1n) is 7.27. The highest BCUT2D eigenvalue weighted by molar-refractivity contribution is 7.00. The van der Waals surface area contributed by atoms with Gasteiger partial charge in [-0.3, -0.25) is 19.7 Å². The Bertz CT molecular complexity index is 800. The molecule has 128 valence electrons. The molecule has 9 nitrogen and oxygen atoms in total. The average Bonchev–Trinajstić information content (AvgIpc) is 3.03. The number of nitrogens with one attached hydrogen (secondary N) is 1. The zero-order valence-electron chi connectivity index (χ0n) is 13.1. The van der Waals surface area contributed by atoms with Crippen LogP contribution in [0, 0.1) is 15.5 Å². The third-order valence-electron chi connectivity index (χ3n) is 4.19. The van der Waals surface area contributed by atoms with Gasteiger partial charge in [0, 0.05) is 18.2 Å². The van der Waals surface area contributed by atoms with Gasteiger partial charge in [0.05, 0.1) is 22.1 Å². The van der Waals surface area contributed by atoms with Crippen LogP contribution < -0.4 is 5.32 Å². The first-order chi connectivity index (χ1) is 11.3. The number of hydrogen-bond donors (Lipinski definition) is 2. The summed E-state index contributed by atoms with van der Waals surface area (Å²) in [6.07, 6.45) is 0.711. The number of non-ortho nitro benzene ring substituents is 1. The molecule has 0 fully saturated rings. The molecule has 0 aliphatic heterocycles. The van der Waals surface area contributed by atoms with E-state index in [1.807, 2.05) is 0 Å². The van der Waals surface area contributed by atoms with Crippen molar-refractivity contribution in [3.8, 4) is 0 Å². The van der Waals surface area contributed by atoms with Gasteiger partial charge in [-0.05, 0) is 18.9 Å². The molecule has 1 amide bonds. The van der Waals surface area contributed by atoms with Crippen LogP contribution in [0.1, 0.15) is 37.0 Å². The predicted molar refractivity (Wildman–Crippen MR) is 87.1 cm³/mol. The van der Waals surface area contributed by atoms with Crippen molar-refractivity contribution in [1.29, 1.82) is 0 Å². The third-order valence-corrected chi connectivity index (χ3v) is 4.74. The SMILES string of the molecule is CCC(CC)(CNC(=O)c1cc([N+](=O)[O-])c2nsnc2c1)C(=O)O. The molecule has 0 saturated heterocycles. The van der Waals surface area contributed by atoms with E-state index in [0.717, 1.165) is 17.8 Å². The molecule has 0 aliphatic carbocycles.